The summed E-state index contributed by atoms with van der Waals surface area (Å²) in [6.07, 6.45) is 6.06. The van der Waals surface area contributed by atoms with Crippen molar-refractivity contribution in [1.29, 1.82) is 0 Å². The lowest BCUT2D eigenvalue weighted by Gasteiger charge is -2.40. The molecule has 0 saturated carbocycles. The Kier molecular flexibility index (Phi) is 7.18. The second-order valence-corrected chi connectivity index (χ2v) is 9.71. The minimum absolute atomic E-state index is 0.808. The fourth-order valence-electron chi connectivity index (χ4n) is 3.73. The molecule has 0 aliphatic carbocycles. The number of para-hydroxylation sites is 1. The van der Waals surface area contributed by atoms with Crippen LogP contribution in [0.3, 0.4) is 0 Å². The van der Waals surface area contributed by atoms with Crippen LogP contribution in [0.4, 0.5) is 11.5 Å². The summed E-state index contributed by atoms with van der Waals surface area (Å²) in [6.45, 7) is 4.87. The molecular formula is C20H27N3O4S2. The third-order valence-corrected chi connectivity index (χ3v) is 6.86. The van der Waals surface area contributed by atoms with E-state index in [4.69, 9.17) is 0 Å². The molecular weight excluding hydrogens is 410 g/mol. The number of hydrogen-bond acceptors (Lipinski definition) is 7. The normalized spacial score (nSPS) is 17.6. The number of fused-ring (bicyclic) bond motifs is 2. The van der Waals surface area contributed by atoms with Crippen molar-refractivity contribution in [3.8, 4) is 0 Å². The molecule has 0 amide bonds. The van der Waals surface area contributed by atoms with Crippen molar-refractivity contribution < 1.29 is 21.6 Å². The molecule has 2 aromatic rings. The maximum Gasteiger partial charge on any atom is 0.217 e. The van der Waals surface area contributed by atoms with E-state index in [1.54, 1.807) is 0 Å². The predicted molar refractivity (Wildman–Crippen MR) is 113 cm³/mol. The second kappa shape index (κ2) is 9.44. The lowest BCUT2D eigenvalue weighted by molar-refractivity contribution is -0.912. The summed E-state index contributed by atoms with van der Waals surface area (Å²) >= 11 is 1.84. The number of anilines is 2. The van der Waals surface area contributed by atoms with E-state index in [0.717, 1.165) is 19.5 Å². The van der Waals surface area contributed by atoms with Crippen molar-refractivity contribution >= 4 is 33.7 Å². The third kappa shape index (κ3) is 5.93. The summed E-state index contributed by atoms with van der Waals surface area (Å²) in [5, 5.41) is 0. The number of likely N-dealkylation sites (tertiary alicyclic amines) is 1. The van der Waals surface area contributed by atoms with Crippen molar-refractivity contribution in [2.75, 3.05) is 45.2 Å². The zero-order valence-electron chi connectivity index (χ0n) is 16.8. The van der Waals surface area contributed by atoms with Crippen molar-refractivity contribution in [1.82, 2.24) is 4.98 Å². The summed E-state index contributed by atoms with van der Waals surface area (Å²) in [5.41, 5.74) is 1.31. The first kappa shape index (κ1) is 22.0. The van der Waals surface area contributed by atoms with E-state index in [-0.39, 0.29) is 0 Å². The summed E-state index contributed by atoms with van der Waals surface area (Å²) in [4.78, 5) is 9.73. The minimum Gasteiger partial charge on any atom is -0.726 e. The van der Waals surface area contributed by atoms with Crippen LogP contribution in [0.15, 0.2) is 52.4 Å². The Morgan fingerprint density at radius 2 is 1.79 bits per heavy atom. The average molecular weight is 438 g/mol. The van der Waals surface area contributed by atoms with Gasteiger partial charge in [0.05, 0.1) is 50.9 Å². The number of quaternary nitrogens is 1. The van der Waals surface area contributed by atoms with Gasteiger partial charge in [0.25, 0.3) is 0 Å². The Balaban J connectivity index is 0.000000353. The van der Waals surface area contributed by atoms with Crippen molar-refractivity contribution in [2.45, 2.75) is 29.1 Å². The summed E-state index contributed by atoms with van der Waals surface area (Å²) in [6, 6.07) is 12.9. The molecule has 7 nitrogen and oxygen atoms in total. The van der Waals surface area contributed by atoms with Crippen molar-refractivity contribution in [3.05, 3.63) is 42.6 Å². The standard InChI is InChI=1S/C19H24N3S.CH4O4S/c1-22(13-5-2-6-14-22)15-12-21-16-8-3-4-9-17(16)23-18-10-7-11-20-19(18)21;1-5-6(2,3)4/h3-4,7-11H,2,5-6,12-15H2,1H3;1H3,(H,2,3,4)/q+1;/p-1. The van der Waals surface area contributed by atoms with Crippen LogP contribution in [0.5, 0.6) is 0 Å². The molecule has 9 heteroatoms. The van der Waals surface area contributed by atoms with Crippen LogP contribution in [-0.2, 0) is 14.6 Å². The minimum atomic E-state index is -4.41. The van der Waals surface area contributed by atoms with Gasteiger partial charge in [0.1, 0.15) is 5.82 Å². The molecule has 4 rings (SSSR count). The Labute approximate surface area is 177 Å². The zero-order chi connectivity index (χ0) is 20.9. The van der Waals surface area contributed by atoms with Gasteiger partial charge in [-0.25, -0.2) is 13.4 Å². The molecule has 0 unspecified atom stereocenters. The first-order valence-electron chi connectivity index (χ1n) is 9.66. The first-order chi connectivity index (χ1) is 13.8. The van der Waals surface area contributed by atoms with Gasteiger partial charge >= 0.3 is 0 Å². The molecule has 158 valence electrons. The van der Waals surface area contributed by atoms with Crippen molar-refractivity contribution in [2.24, 2.45) is 0 Å². The molecule has 2 aliphatic heterocycles. The molecule has 1 aromatic carbocycles. The van der Waals surface area contributed by atoms with Crippen LogP contribution in [0.2, 0.25) is 0 Å². The summed E-state index contributed by atoms with van der Waals surface area (Å²) in [5.74, 6) is 1.12. The SMILES string of the molecule is COS(=O)(=O)[O-].C[N+]1(CCN2c3ccccc3Sc3cccnc32)CCCCC1. The first-order valence-corrected chi connectivity index (χ1v) is 11.8. The van der Waals surface area contributed by atoms with E-state index in [1.165, 1.54) is 58.9 Å². The molecule has 0 radical (unpaired) electrons. The smallest absolute Gasteiger partial charge is 0.217 e. The maximum absolute atomic E-state index is 9.22. The second-order valence-electron chi connectivity index (χ2n) is 7.47. The Hall–Kier alpha value is -1.65. The molecule has 2 aliphatic rings. The average Bonchev–Trinajstić information content (AvgIpc) is 2.71. The zero-order valence-corrected chi connectivity index (χ0v) is 18.4. The highest BCUT2D eigenvalue weighted by atomic mass is 32.3. The summed E-state index contributed by atoms with van der Waals surface area (Å²) in [7, 11) is -1.18. The van der Waals surface area contributed by atoms with Crippen LogP contribution < -0.4 is 4.90 Å². The van der Waals surface area contributed by atoms with Gasteiger partial charge in [-0.2, -0.15) is 0 Å². The van der Waals surface area contributed by atoms with Gasteiger partial charge in [-0.15, -0.1) is 0 Å². The molecule has 0 bridgehead atoms. The fraction of sp³-hybridized carbons (Fsp3) is 0.450. The highest BCUT2D eigenvalue weighted by Crippen LogP contribution is 2.46. The topological polar surface area (TPSA) is 82.6 Å². The molecule has 29 heavy (non-hydrogen) atoms. The van der Waals surface area contributed by atoms with Gasteiger partial charge < -0.3 is 13.9 Å². The largest absolute Gasteiger partial charge is 0.726 e. The Morgan fingerprint density at radius 3 is 2.48 bits per heavy atom. The highest BCUT2D eigenvalue weighted by molar-refractivity contribution is 7.99. The molecule has 1 aromatic heterocycles. The predicted octanol–water partition coefficient (Wildman–Crippen LogP) is 3.41. The number of pyridine rings is 1. The number of aromatic nitrogens is 1. The molecule has 1 saturated heterocycles. The molecule has 1 fully saturated rings. The third-order valence-electron chi connectivity index (χ3n) is 5.35. The lowest BCUT2D eigenvalue weighted by atomic mass is 10.1. The number of nitrogens with zero attached hydrogens (tertiary/aromatic N) is 3. The van der Waals surface area contributed by atoms with Crippen LogP contribution in [0, 0.1) is 0 Å². The molecule has 0 spiro atoms. The Morgan fingerprint density at radius 1 is 1.14 bits per heavy atom. The van der Waals surface area contributed by atoms with E-state index < -0.39 is 10.4 Å². The maximum atomic E-state index is 9.22. The van der Waals surface area contributed by atoms with E-state index in [9.17, 15) is 13.0 Å². The van der Waals surface area contributed by atoms with E-state index >= 15 is 0 Å². The number of hydrogen-bond donors (Lipinski definition) is 0. The van der Waals surface area contributed by atoms with Crippen LogP contribution in [-0.4, -0.2) is 62.8 Å². The van der Waals surface area contributed by atoms with Crippen LogP contribution in [0.25, 0.3) is 0 Å². The lowest BCUT2D eigenvalue weighted by Crippen LogP contribution is -2.51. The number of benzene rings is 1. The van der Waals surface area contributed by atoms with Gasteiger partial charge in [-0.1, -0.05) is 23.9 Å². The van der Waals surface area contributed by atoms with Gasteiger partial charge in [-0.05, 0) is 43.5 Å². The number of rotatable bonds is 4. The summed E-state index contributed by atoms with van der Waals surface area (Å²) < 4.78 is 32.2. The van der Waals surface area contributed by atoms with Gasteiger partial charge in [0.15, 0.2) is 0 Å². The fourth-order valence-corrected chi connectivity index (χ4v) is 4.80. The van der Waals surface area contributed by atoms with E-state index in [1.807, 2.05) is 24.0 Å². The Bertz CT molecular complexity index is 885. The monoisotopic (exact) mass is 437 g/mol. The van der Waals surface area contributed by atoms with Crippen LogP contribution in [0.1, 0.15) is 19.3 Å². The van der Waals surface area contributed by atoms with Gasteiger partial charge in [-0.3, -0.25) is 4.18 Å². The van der Waals surface area contributed by atoms with Crippen LogP contribution >= 0.6 is 11.8 Å². The molecule has 3 heterocycles. The molecule has 0 N–H and O–H groups in total. The van der Waals surface area contributed by atoms with Gasteiger partial charge in [0.2, 0.25) is 10.4 Å². The highest BCUT2D eigenvalue weighted by Gasteiger charge is 2.29. The van der Waals surface area contributed by atoms with Gasteiger partial charge in [0, 0.05) is 11.1 Å². The van der Waals surface area contributed by atoms with E-state index in [0.29, 0.717) is 0 Å². The number of likely N-dealkylation sites (N-methyl/N-ethyl adjacent to an activating group) is 1. The number of piperidine rings is 1. The van der Waals surface area contributed by atoms with Crippen molar-refractivity contribution in [3.63, 3.8) is 0 Å². The molecule has 0 atom stereocenters. The van der Waals surface area contributed by atoms with E-state index in [2.05, 4.69) is 51.4 Å². The quantitative estimate of drug-likeness (QED) is 0.412.